The van der Waals surface area contributed by atoms with E-state index in [4.69, 9.17) is 9.15 Å². The molecule has 198 valence electrons. The van der Waals surface area contributed by atoms with Gasteiger partial charge in [-0.15, -0.1) is 11.3 Å². The number of benzene rings is 6. The molecule has 0 saturated heterocycles. The fourth-order valence-corrected chi connectivity index (χ4v) is 7.26. The summed E-state index contributed by atoms with van der Waals surface area (Å²) in [6.45, 7) is 0. The Kier molecular flexibility index (Phi) is 4.98. The minimum Gasteiger partial charge on any atom is -0.457 e. The molecule has 0 bridgehead atoms. The molecule has 8 aromatic rings. The lowest BCUT2D eigenvalue weighted by atomic mass is 9.95. The molecule has 0 unspecified atom stereocenters. The Morgan fingerprint density at radius 1 is 0.500 bits per heavy atom. The third kappa shape index (κ3) is 3.62. The monoisotopic (exact) mass is 558 g/mol. The van der Waals surface area contributed by atoms with Gasteiger partial charge in [0.25, 0.3) is 0 Å². The van der Waals surface area contributed by atoms with E-state index in [1.165, 1.54) is 42.4 Å². The van der Waals surface area contributed by atoms with Crippen molar-refractivity contribution in [1.29, 1.82) is 0 Å². The fraction of sp³-hybridized carbons (Fsp3) is 0.0263. The van der Waals surface area contributed by atoms with Crippen molar-refractivity contribution in [2.24, 2.45) is 0 Å². The van der Waals surface area contributed by atoms with E-state index in [0.29, 0.717) is 21.9 Å². The van der Waals surface area contributed by atoms with E-state index in [9.17, 15) is 4.79 Å². The van der Waals surface area contributed by atoms with E-state index >= 15 is 0 Å². The second kappa shape index (κ2) is 8.90. The molecule has 0 N–H and O–H groups in total. The van der Waals surface area contributed by atoms with Crippen molar-refractivity contribution in [3.63, 3.8) is 0 Å². The predicted molar refractivity (Wildman–Crippen MR) is 173 cm³/mol. The first-order valence-corrected chi connectivity index (χ1v) is 14.8. The maximum absolute atomic E-state index is 13.3. The molecule has 2 aromatic heterocycles. The van der Waals surface area contributed by atoms with Crippen LogP contribution in [0.5, 0.6) is 11.5 Å². The molecule has 1 aliphatic heterocycles. The maximum atomic E-state index is 13.3. The number of fused-ring (bicyclic) bond motifs is 7. The third-order valence-electron chi connectivity index (χ3n) is 8.35. The zero-order valence-electron chi connectivity index (χ0n) is 22.4. The van der Waals surface area contributed by atoms with E-state index < -0.39 is 0 Å². The summed E-state index contributed by atoms with van der Waals surface area (Å²) in [5, 5.41) is 3.66. The number of hydrogen-bond acceptors (Lipinski definition) is 4. The Balaban J connectivity index is 1.14. The molecule has 0 radical (unpaired) electrons. The van der Waals surface area contributed by atoms with Gasteiger partial charge in [0.15, 0.2) is 0 Å². The molecule has 4 heteroatoms. The first-order chi connectivity index (χ1) is 20.7. The van der Waals surface area contributed by atoms with Gasteiger partial charge in [-0.2, -0.15) is 0 Å². The normalized spacial score (nSPS) is 12.5. The Hall–Kier alpha value is -5.19. The topological polar surface area (TPSA) is 39.4 Å². The lowest BCUT2D eigenvalue weighted by Gasteiger charge is -2.20. The molecule has 0 saturated carbocycles. The van der Waals surface area contributed by atoms with Crippen LogP contribution in [0.3, 0.4) is 0 Å². The molecule has 3 nitrogen and oxygen atoms in total. The minimum atomic E-state index is -0.000610. The average molecular weight is 559 g/mol. The molecule has 9 rings (SSSR count). The first kappa shape index (κ1) is 23.5. The molecule has 0 atom stereocenters. The van der Waals surface area contributed by atoms with Crippen LogP contribution in [0.4, 0.5) is 0 Å². The number of ether oxygens (including phenoxy) is 1. The third-order valence-corrected chi connectivity index (χ3v) is 9.50. The van der Waals surface area contributed by atoms with E-state index in [1.54, 1.807) is 11.3 Å². The van der Waals surface area contributed by atoms with Gasteiger partial charge in [0.2, 0.25) is 5.43 Å². The van der Waals surface area contributed by atoms with Gasteiger partial charge in [-0.05, 0) is 100 Å². The number of para-hydroxylation sites is 2. The molecular weight excluding hydrogens is 536 g/mol. The van der Waals surface area contributed by atoms with Gasteiger partial charge in [-0.1, -0.05) is 54.6 Å². The van der Waals surface area contributed by atoms with Gasteiger partial charge in [-0.3, -0.25) is 4.79 Å². The summed E-state index contributed by atoms with van der Waals surface area (Å²) in [4.78, 5) is 13.3. The summed E-state index contributed by atoms with van der Waals surface area (Å²) in [5.74, 6) is 1.88. The highest BCUT2D eigenvalue weighted by Crippen LogP contribution is 2.41. The summed E-state index contributed by atoms with van der Waals surface area (Å²) in [5.41, 5.74) is 8.08. The van der Waals surface area contributed by atoms with Gasteiger partial charge >= 0.3 is 0 Å². The largest absolute Gasteiger partial charge is 0.457 e. The zero-order valence-corrected chi connectivity index (χ0v) is 23.2. The van der Waals surface area contributed by atoms with Crippen LogP contribution in [0.25, 0.3) is 64.4 Å². The lowest BCUT2D eigenvalue weighted by Crippen LogP contribution is -2.02. The van der Waals surface area contributed by atoms with Crippen LogP contribution in [-0.4, -0.2) is 0 Å². The Labute approximate surface area is 244 Å². The summed E-state index contributed by atoms with van der Waals surface area (Å²) in [6, 6.07) is 41.4. The fourth-order valence-electron chi connectivity index (χ4n) is 6.19. The second-order valence-electron chi connectivity index (χ2n) is 10.9. The Morgan fingerprint density at radius 3 is 1.90 bits per heavy atom. The van der Waals surface area contributed by atoms with Crippen LogP contribution >= 0.6 is 11.3 Å². The standard InChI is InChI=1S/C38H22O3S/c39-38-28-6-2-4-8-34(28)41-35-14-10-23(21-31(35)38)25-12-16-37-30(20-25)29-19-24(11-15-36(29)42-37)22-9-13-33-27(17-22)18-26-5-1-3-7-32(26)40-33/h1-17,19-21H,18H2. The predicted octanol–water partition coefficient (Wildman–Crippen LogP) is 10.3. The molecule has 1 aliphatic rings. The van der Waals surface area contributed by atoms with Crippen molar-refractivity contribution in [2.75, 3.05) is 0 Å². The molecule has 0 fully saturated rings. The van der Waals surface area contributed by atoms with Crippen molar-refractivity contribution in [2.45, 2.75) is 6.42 Å². The number of rotatable bonds is 2. The van der Waals surface area contributed by atoms with Gasteiger partial charge in [-0.25, -0.2) is 0 Å². The van der Waals surface area contributed by atoms with Gasteiger partial charge in [0.05, 0.1) is 10.8 Å². The van der Waals surface area contributed by atoms with Crippen LogP contribution in [0.2, 0.25) is 0 Å². The molecule has 0 spiro atoms. The molecule has 42 heavy (non-hydrogen) atoms. The Bertz CT molecular complexity index is 2450. The highest BCUT2D eigenvalue weighted by atomic mass is 32.1. The average Bonchev–Trinajstić information content (AvgIpc) is 3.41. The van der Waals surface area contributed by atoms with Crippen LogP contribution in [0, 0.1) is 0 Å². The van der Waals surface area contributed by atoms with Crippen LogP contribution in [0.1, 0.15) is 11.1 Å². The summed E-state index contributed by atoms with van der Waals surface area (Å²) in [6.07, 6.45) is 0.867. The van der Waals surface area contributed by atoms with E-state index in [0.717, 1.165) is 29.0 Å². The van der Waals surface area contributed by atoms with Crippen molar-refractivity contribution in [3.05, 3.63) is 143 Å². The summed E-state index contributed by atoms with van der Waals surface area (Å²) < 4.78 is 14.7. The van der Waals surface area contributed by atoms with Crippen LogP contribution in [-0.2, 0) is 6.42 Å². The van der Waals surface area contributed by atoms with E-state index in [2.05, 4.69) is 66.7 Å². The van der Waals surface area contributed by atoms with E-state index in [-0.39, 0.29) is 5.43 Å². The van der Waals surface area contributed by atoms with Gasteiger partial charge in [0, 0.05) is 26.6 Å². The molecule has 0 aliphatic carbocycles. The number of hydrogen-bond donors (Lipinski definition) is 0. The van der Waals surface area contributed by atoms with Gasteiger partial charge in [0.1, 0.15) is 22.7 Å². The summed E-state index contributed by atoms with van der Waals surface area (Å²) >= 11 is 1.81. The Morgan fingerprint density at radius 2 is 1.10 bits per heavy atom. The SMILES string of the molecule is O=c1c2ccccc2oc2ccc(-c3ccc4sc5ccc(-c6ccc7c(c6)Cc6ccccc6O7)cc5c4c3)cc12. The van der Waals surface area contributed by atoms with Crippen LogP contribution < -0.4 is 10.2 Å². The van der Waals surface area contributed by atoms with Crippen molar-refractivity contribution in [1.82, 2.24) is 0 Å². The quantitative estimate of drug-likeness (QED) is 0.198. The van der Waals surface area contributed by atoms with Crippen molar-refractivity contribution < 1.29 is 9.15 Å². The van der Waals surface area contributed by atoms with Crippen molar-refractivity contribution >= 4 is 53.4 Å². The van der Waals surface area contributed by atoms with Gasteiger partial charge < -0.3 is 9.15 Å². The number of thiophene rings is 1. The highest BCUT2D eigenvalue weighted by molar-refractivity contribution is 7.25. The van der Waals surface area contributed by atoms with Crippen molar-refractivity contribution in [3.8, 4) is 33.8 Å². The summed E-state index contributed by atoms with van der Waals surface area (Å²) in [7, 11) is 0. The molecule has 6 aromatic carbocycles. The maximum Gasteiger partial charge on any atom is 0.200 e. The van der Waals surface area contributed by atoms with Crippen LogP contribution in [0.15, 0.2) is 131 Å². The molecular formula is C38H22O3S. The minimum absolute atomic E-state index is 0.000610. The van der Waals surface area contributed by atoms with E-state index in [1.807, 2.05) is 54.6 Å². The molecule has 3 heterocycles. The second-order valence-corrected chi connectivity index (χ2v) is 12.0. The first-order valence-electron chi connectivity index (χ1n) is 14.0. The smallest absolute Gasteiger partial charge is 0.200 e. The molecule has 0 amide bonds. The zero-order chi connectivity index (χ0) is 27.8. The highest BCUT2D eigenvalue weighted by Gasteiger charge is 2.18. The lowest BCUT2D eigenvalue weighted by molar-refractivity contribution is 0.460.